The summed E-state index contributed by atoms with van der Waals surface area (Å²) < 4.78 is 34.4. The van der Waals surface area contributed by atoms with Gasteiger partial charge in [0, 0.05) is 35.9 Å². The zero-order valence-electron chi connectivity index (χ0n) is 21.0. The zero-order chi connectivity index (χ0) is 26.1. The molecule has 3 aromatic rings. The first-order chi connectivity index (χ1) is 17.6. The Kier molecular flexibility index (Phi) is 5.39. The van der Waals surface area contributed by atoms with Crippen molar-refractivity contribution < 1.29 is 27.8 Å². The fourth-order valence-electron chi connectivity index (χ4n) is 6.32. The fourth-order valence-corrected chi connectivity index (χ4v) is 6.97. The van der Waals surface area contributed by atoms with E-state index in [-0.39, 0.29) is 17.6 Å². The molecule has 0 aliphatic heterocycles. The lowest BCUT2D eigenvalue weighted by Crippen LogP contribution is -2.09. The van der Waals surface area contributed by atoms with Crippen molar-refractivity contribution in [3.8, 4) is 22.8 Å². The minimum Gasteiger partial charge on any atom is -0.489 e. The van der Waals surface area contributed by atoms with Gasteiger partial charge in [-0.3, -0.25) is 4.79 Å². The first-order valence-corrected chi connectivity index (χ1v) is 14.5. The normalized spacial score (nSPS) is 24.2. The van der Waals surface area contributed by atoms with Gasteiger partial charge in [0.15, 0.2) is 0 Å². The van der Waals surface area contributed by atoms with Crippen LogP contribution in [0, 0.1) is 25.2 Å². The standard InChI is InChI=1S/C29H29NO6S/c1-16-12-24(35-10-5-11-37(3,33)34)30-14-23(16)20-7-4-6-18(17(20)2)15-36-19-8-9-21-22(13-19)26-27-25(21)29(26,27)28(31)32/h4,6-9,12-14,25-27H,5,10-11,15H2,1-3H3,(H,31,32)/t25-,26?,27-,29+/m0/s1. The van der Waals surface area contributed by atoms with Crippen molar-refractivity contribution in [1.29, 1.82) is 0 Å². The second-order valence-electron chi connectivity index (χ2n) is 10.6. The second kappa shape index (κ2) is 8.31. The molecule has 2 saturated carbocycles. The van der Waals surface area contributed by atoms with E-state index in [1.807, 2.05) is 37.3 Å². The Hall–Kier alpha value is -3.39. The van der Waals surface area contributed by atoms with Gasteiger partial charge in [0.2, 0.25) is 5.88 Å². The lowest BCUT2D eigenvalue weighted by Gasteiger charge is -2.15. The molecule has 0 amide bonds. The van der Waals surface area contributed by atoms with Crippen LogP contribution in [-0.2, 0) is 21.2 Å². The topological polar surface area (TPSA) is 103 Å². The van der Waals surface area contributed by atoms with E-state index >= 15 is 0 Å². The highest BCUT2D eigenvalue weighted by molar-refractivity contribution is 7.90. The van der Waals surface area contributed by atoms with Crippen LogP contribution in [-0.4, -0.2) is 43.1 Å². The summed E-state index contributed by atoms with van der Waals surface area (Å²) in [5.74, 6) is 1.36. The predicted octanol–water partition coefficient (Wildman–Crippen LogP) is 4.65. The molecule has 4 aliphatic rings. The highest BCUT2D eigenvalue weighted by Crippen LogP contribution is 2.96. The summed E-state index contributed by atoms with van der Waals surface area (Å²) in [5.41, 5.74) is 7.09. The Balaban J connectivity index is 1.13. The number of nitrogens with zero attached hydrogens (tertiary/aromatic N) is 1. The maximum atomic E-state index is 11.7. The molecule has 2 aromatic carbocycles. The molecular weight excluding hydrogens is 490 g/mol. The fraction of sp³-hybridized carbons (Fsp3) is 0.379. The summed E-state index contributed by atoms with van der Waals surface area (Å²) in [6.07, 6.45) is 3.44. The minimum atomic E-state index is -3.00. The van der Waals surface area contributed by atoms with Gasteiger partial charge < -0.3 is 14.6 Å². The van der Waals surface area contributed by atoms with Crippen molar-refractivity contribution in [1.82, 2.24) is 4.98 Å². The molecule has 192 valence electrons. The molecule has 1 aromatic heterocycles. The van der Waals surface area contributed by atoms with Crippen LogP contribution in [0.4, 0.5) is 0 Å². The molecule has 4 atom stereocenters. The van der Waals surface area contributed by atoms with Gasteiger partial charge in [-0.2, -0.15) is 0 Å². The molecule has 1 unspecified atom stereocenters. The molecule has 4 aliphatic carbocycles. The third-order valence-electron chi connectivity index (χ3n) is 8.31. The third kappa shape index (κ3) is 3.81. The number of hydrogen-bond donors (Lipinski definition) is 1. The molecule has 0 saturated heterocycles. The molecule has 1 N–H and O–H groups in total. The number of aromatic nitrogens is 1. The lowest BCUT2D eigenvalue weighted by molar-refractivity contribution is -0.141. The van der Waals surface area contributed by atoms with E-state index in [0.29, 0.717) is 31.4 Å². The monoisotopic (exact) mass is 519 g/mol. The number of aliphatic carboxylic acids is 1. The van der Waals surface area contributed by atoms with Crippen LogP contribution in [0.5, 0.6) is 11.6 Å². The van der Waals surface area contributed by atoms with Gasteiger partial charge in [0.25, 0.3) is 0 Å². The van der Waals surface area contributed by atoms with Crippen LogP contribution in [0.2, 0.25) is 0 Å². The molecular formula is C29H29NO6S. The van der Waals surface area contributed by atoms with Crippen LogP contribution >= 0.6 is 0 Å². The highest BCUT2D eigenvalue weighted by Gasteiger charge is 2.95. The Morgan fingerprint density at radius 2 is 1.84 bits per heavy atom. The first-order valence-electron chi connectivity index (χ1n) is 12.5. The molecule has 8 heteroatoms. The van der Waals surface area contributed by atoms with Crippen molar-refractivity contribution in [2.24, 2.45) is 11.3 Å². The summed E-state index contributed by atoms with van der Waals surface area (Å²) in [6.45, 7) is 4.78. The number of ether oxygens (including phenoxy) is 2. The highest BCUT2D eigenvalue weighted by atomic mass is 32.2. The van der Waals surface area contributed by atoms with Crippen LogP contribution in [0.1, 0.15) is 46.1 Å². The van der Waals surface area contributed by atoms with Crippen LogP contribution in [0.25, 0.3) is 11.1 Å². The van der Waals surface area contributed by atoms with Crippen molar-refractivity contribution in [2.75, 3.05) is 18.6 Å². The number of sulfone groups is 1. The molecule has 1 heterocycles. The van der Waals surface area contributed by atoms with Crippen molar-refractivity contribution in [3.05, 3.63) is 76.5 Å². The summed E-state index contributed by atoms with van der Waals surface area (Å²) in [6, 6.07) is 14.0. The van der Waals surface area contributed by atoms with E-state index in [2.05, 4.69) is 24.0 Å². The third-order valence-corrected chi connectivity index (χ3v) is 9.34. The average molecular weight is 520 g/mol. The molecule has 2 bridgehead atoms. The van der Waals surface area contributed by atoms with Crippen molar-refractivity contribution in [3.63, 3.8) is 0 Å². The first kappa shape index (κ1) is 24.0. The quantitative estimate of drug-likeness (QED) is 0.389. The van der Waals surface area contributed by atoms with Gasteiger partial charge in [0.1, 0.15) is 22.2 Å². The number of carboxylic acids is 1. The van der Waals surface area contributed by atoms with E-state index in [0.717, 1.165) is 39.1 Å². The lowest BCUT2D eigenvalue weighted by atomic mass is 9.95. The zero-order valence-corrected chi connectivity index (χ0v) is 21.8. The number of rotatable bonds is 10. The molecule has 37 heavy (non-hydrogen) atoms. The summed E-state index contributed by atoms with van der Waals surface area (Å²) in [5, 5.41) is 9.63. The van der Waals surface area contributed by atoms with Gasteiger partial charge in [-0.25, -0.2) is 13.4 Å². The van der Waals surface area contributed by atoms with Crippen molar-refractivity contribution >= 4 is 15.8 Å². The maximum absolute atomic E-state index is 11.7. The van der Waals surface area contributed by atoms with E-state index in [1.165, 1.54) is 11.8 Å². The Bertz CT molecular complexity index is 1550. The summed E-state index contributed by atoms with van der Waals surface area (Å²) >= 11 is 0. The van der Waals surface area contributed by atoms with Gasteiger partial charge in [-0.15, -0.1) is 0 Å². The van der Waals surface area contributed by atoms with E-state index < -0.39 is 21.2 Å². The van der Waals surface area contributed by atoms with Crippen LogP contribution in [0.15, 0.2) is 48.7 Å². The minimum absolute atomic E-state index is 0.0916. The average Bonchev–Trinajstić information content (AvgIpc) is 3.64. The number of benzene rings is 2. The molecule has 0 radical (unpaired) electrons. The molecule has 7 nitrogen and oxygen atoms in total. The molecule has 7 rings (SSSR count). The SMILES string of the molecule is Cc1cc(OCCCS(C)(=O)=O)ncc1-c1cccc(COc2ccc3c(c2)C2[C@@H]4[C@H]3[C@@]24C(=O)O)c1C. The number of hydrogen-bond acceptors (Lipinski definition) is 6. The number of pyridine rings is 1. The number of aryl methyl sites for hydroxylation is 1. The molecule has 0 spiro atoms. The van der Waals surface area contributed by atoms with Gasteiger partial charge >= 0.3 is 5.97 Å². The Morgan fingerprint density at radius 1 is 1.05 bits per heavy atom. The van der Waals surface area contributed by atoms with Gasteiger partial charge in [-0.1, -0.05) is 24.3 Å². The summed E-state index contributed by atoms with van der Waals surface area (Å²) in [4.78, 5) is 16.1. The smallest absolute Gasteiger partial charge is 0.311 e. The maximum Gasteiger partial charge on any atom is 0.311 e. The van der Waals surface area contributed by atoms with Gasteiger partial charge in [0.05, 0.1) is 17.8 Å². The van der Waals surface area contributed by atoms with Crippen LogP contribution in [0.3, 0.4) is 0 Å². The largest absolute Gasteiger partial charge is 0.489 e. The van der Waals surface area contributed by atoms with E-state index in [1.54, 1.807) is 6.20 Å². The van der Waals surface area contributed by atoms with Crippen molar-refractivity contribution in [2.45, 2.75) is 38.7 Å². The second-order valence-corrected chi connectivity index (χ2v) is 12.8. The Morgan fingerprint density at radius 3 is 2.54 bits per heavy atom. The predicted molar refractivity (Wildman–Crippen MR) is 139 cm³/mol. The van der Waals surface area contributed by atoms with E-state index in [4.69, 9.17) is 9.47 Å². The van der Waals surface area contributed by atoms with E-state index in [9.17, 15) is 18.3 Å². The number of carbonyl (C=O) groups is 1. The van der Waals surface area contributed by atoms with Crippen LogP contribution < -0.4 is 9.47 Å². The Labute approximate surface area is 216 Å². The summed E-state index contributed by atoms with van der Waals surface area (Å²) in [7, 11) is -3.00. The molecule has 2 fully saturated rings. The van der Waals surface area contributed by atoms with Gasteiger partial charge in [-0.05, 0) is 71.7 Å². The number of carboxylic acid groups (broad SMARTS) is 1.